The van der Waals surface area contributed by atoms with Crippen molar-refractivity contribution >= 4 is 0 Å². The van der Waals surface area contributed by atoms with E-state index in [9.17, 15) is 0 Å². The van der Waals surface area contributed by atoms with Crippen LogP contribution in [-0.2, 0) is 0 Å². The highest BCUT2D eigenvalue weighted by atomic mass is 14.9. The van der Waals surface area contributed by atoms with Crippen molar-refractivity contribution in [2.75, 3.05) is 6.54 Å². The van der Waals surface area contributed by atoms with Crippen LogP contribution in [0, 0.1) is 19.8 Å². The summed E-state index contributed by atoms with van der Waals surface area (Å²) in [5.74, 6) is 1.56. The molecule has 0 saturated heterocycles. The lowest BCUT2D eigenvalue weighted by molar-refractivity contribution is 0.362. The van der Waals surface area contributed by atoms with E-state index in [1.807, 2.05) is 0 Å². The second kappa shape index (κ2) is 7.26. The third-order valence-corrected chi connectivity index (χ3v) is 4.99. The zero-order valence-electron chi connectivity index (χ0n) is 13.7. The van der Waals surface area contributed by atoms with Gasteiger partial charge in [-0.05, 0) is 61.8 Å². The molecule has 0 aliphatic heterocycles. The summed E-state index contributed by atoms with van der Waals surface area (Å²) in [5, 5.41) is 3.68. The van der Waals surface area contributed by atoms with Crippen molar-refractivity contribution in [1.29, 1.82) is 0 Å². The largest absolute Gasteiger partial charge is 0.314 e. The fraction of sp³-hybridized carbons (Fsp3) is 0.684. The molecule has 1 aliphatic rings. The van der Waals surface area contributed by atoms with Crippen molar-refractivity contribution in [2.45, 2.75) is 71.8 Å². The quantitative estimate of drug-likeness (QED) is 0.764. The first kappa shape index (κ1) is 15.6. The molecule has 1 N–H and O–H groups in total. The standard InChI is InChI=1S/C19H31N/c1-14(2)20-13-17-10-6-5-7-11-19(17)18-12-8-9-15(3)16(18)4/h8-9,12,14,17,19-20H,5-7,10-11,13H2,1-4H3. The molecule has 1 saturated carbocycles. The van der Waals surface area contributed by atoms with Gasteiger partial charge >= 0.3 is 0 Å². The molecule has 1 fully saturated rings. The predicted molar refractivity (Wildman–Crippen MR) is 88.4 cm³/mol. The molecule has 2 rings (SSSR count). The van der Waals surface area contributed by atoms with Crippen molar-refractivity contribution in [1.82, 2.24) is 5.32 Å². The Bertz CT molecular complexity index is 422. The maximum Gasteiger partial charge on any atom is 0.00104 e. The smallest absolute Gasteiger partial charge is 0.00104 e. The van der Waals surface area contributed by atoms with Crippen LogP contribution in [0.3, 0.4) is 0 Å². The Balaban J connectivity index is 2.21. The molecule has 2 atom stereocenters. The Kier molecular flexibility index (Phi) is 5.65. The number of aryl methyl sites for hydroxylation is 1. The molecule has 0 amide bonds. The van der Waals surface area contributed by atoms with Crippen molar-refractivity contribution < 1.29 is 0 Å². The fourth-order valence-electron chi connectivity index (χ4n) is 3.60. The van der Waals surface area contributed by atoms with Crippen LogP contribution in [0.2, 0.25) is 0 Å². The minimum absolute atomic E-state index is 0.595. The second-order valence-electron chi connectivity index (χ2n) is 6.86. The predicted octanol–water partition coefficient (Wildman–Crippen LogP) is 4.97. The molecule has 1 aliphatic carbocycles. The van der Waals surface area contributed by atoms with Gasteiger partial charge in [0.05, 0.1) is 0 Å². The zero-order valence-corrected chi connectivity index (χ0v) is 13.7. The van der Waals surface area contributed by atoms with Crippen molar-refractivity contribution in [3.8, 4) is 0 Å². The normalized spacial score (nSPS) is 23.9. The van der Waals surface area contributed by atoms with E-state index in [2.05, 4.69) is 51.2 Å². The fourth-order valence-corrected chi connectivity index (χ4v) is 3.60. The molecule has 0 bridgehead atoms. The van der Waals surface area contributed by atoms with Crippen LogP contribution in [-0.4, -0.2) is 12.6 Å². The summed E-state index contributed by atoms with van der Waals surface area (Å²) >= 11 is 0. The monoisotopic (exact) mass is 273 g/mol. The van der Waals surface area contributed by atoms with E-state index in [1.165, 1.54) is 49.8 Å². The van der Waals surface area contributed by atoms with Gasteiger partial charge in [-0.2, -0.15) is 0 Å². The maximum absolute atomic E-state index is 3.68. The van der Waals surface area contributed by atoms with Crippen molar-refractivity contribution in [2.24, 2.45) is 5.92 Å². The Morgan fingerprint density at radius 1 is 1.10 bits per heavy atom. The topological polar surface area (TPSA) is 12.0 Å². The highest BCUT2D eigenvalue weighted by Crippen LogP contribution is 2.38. The minimum Gasteiger partial charge on any atom is -0.314 e. The van der Waals surface area contributed by atoms with Crippen LogP contribution >= 0.6 is 0 Å². The summed E-state index contributed by atoms with van der Waals surface area (Å²) in [5.41, 5.74) is 4.58. The highest BCUT2D eigenvalue weighted by Gasteiger charge is 2.26. The number of hydrogen-bond acceptors (Lipinski definition) is 1. The third kappa shape index (κ3) is 3.85. The average Bonchev–Trinajstić information content (AvgIpc) is 2.65. The third-order valence-electron chi connectivity index (χ3n) is 4.99. The lowest BCUT2D eigenvalue weighted by Gasteiger charge is -2.28. The van der Waals surface area contributed by atoms with Crippen LogP contribution in [0.4, 0.5) is 0 Å². The van der Waals surface area contributed by atoms with E-state index in [-0.39, 0.29) is 0 Å². The van der Waals surface area contributed by atoms with E-state index in [0.717, 1.165) is 11.8 Å². The molecule has 1 aromatic carbocycles. The molecule has 1 heteroatoms. The Morgan fingerprint density at radius 3 is 2.60 bits per heavy atom. The number of benzene rings is 1. The summed E-state index contributed by atoms with van der Waals surface area (Å²) < 4.78 is 0. The van der Waals surface area contributed by atoms with Crippen LogP contribution < -0.4 is 5.32 Å². The van der Waals surface area contributed by atoms with Crippen LogP contribution in [0.25, 0.3) is 0 Å². The minimum atomic E-state index is 0.595. The Hall–Kier alpha value is -0.820. The molecule has 112 valence electrons. The molecular formula is C19H31N. The van der Waals surface area contributed by atoms with E-state index in [1.54, 1.807) is 5.56 Å². The molecule has 1 nitrogen and oxygen atoms in total. The molecule has 0 aromatic heterocycles. The average molecular weight is 273 g/mol. The SMILES string of the molecule is Cc1cccc(C2CCCCCC2CNC(C)C)c1C. The van der Waals surface area contributed by atoms with Crippen LogP contribution in [0.1, 0.15) is 68.6 Å². The molecule has 0 heterocycles. The number of rotatable bonds is 4. The molecule has 1 aromatic rings. The first-order valence-corrected chi connectivity index (χ1v) is 8.39. The molecular weight excluding hydrogens is 242 g/mol. The number of hydrogen-bond donors (Lipinski definition) is 1. The summed E-state index contributed by atoms with van der Waals surface area (Å²) in [6, 6.07) is 7.46. The van der Waals surface area contributed by atoms with Gasteiger partial charge in [0, 0.05) is 6.04 Å². The summed E-state index contributed by atoms with van der Waals surface area (Å²) in [6.45, 7) is 10.2. The maximum atomic E-state index is 3.68. The van der Waals surface area contributed by atoms with E-state index in [4.69, 9.17) is 0 Å². The first-order valence-electron chi connectivity index (χ1n) is 8.39. The van der Waals surface area contributed by atoms with E-state index >= 15 is 0 Å². The summed E-state index contributed by atoms with van der Waals surface area (Å²) in [6.07, 6.45) is 6.98. The summed E-state index contributed by atoms with van der Waals surface area (Å²) in [7, 11) is 0. The zero-order chi connectivity index (χ0) is 14.5. The Labute approximate surface area is 125 Å². The van der Waals surface area contributed by atoms with Crippen LogP contribution in [0.5, 0.6) is 0 Å². The van der Waals surface area contributed by atoms with Crippen LogP contribution in [0.15, 0.2) is 18.2 Å². The van der Waals surface area contributed by atoms with Gasteiger partial charge in [-0.25, -0.2) is 0 Å². The highest BCUT2D eigenvalue weighted by molar-refractivity contribution is 5.36. The van der Waals surface area contributed by atoms with E-state index in [0.29, 0.717) is 6.04 Å². The van der Waals surface area contributed by atoms with Crippen molar-refractivity contribution in [3.05, 3.63) is 34.9 Å². The van der Waals surface area contributed by atoms with Gasteiger partial charge in [0.15, 0.2) is 0 Å². The Morgan fingerprint density at radius 2 is 1.85 bits per heavy atom. The second-order valence-corrected chi connectivity index (χ2v) is 6.86. The van der Waals surface area contributed by atoms with Gasteiger partial charge < -0.3 is 5.32 Å². The lowest BCUT2D eigenvalue weighted by Crippen LogP contribution is -2.31. The summed E-state index contributed by atoms with van der Waals surface area (Å²) in [4.78, 5) is 0. The molecule has 0 radical (unpaired) electrons. The first-order chi connectivity index (χ1) is 9.59. The van der Waals surface area contributed by atoms with Gasteiger partial charge in [0.1, 0.15) is 0 Å². The van der Waals surface area contributed by atoms with Gasteiger partial charge in [0.25, 0.3) is 0 Å². The number of nitrogens with one attached hydrogen (secondary N) is 1. The van der Waals surface area contributed by atoms with E-state index < -0.39 is 0 Å². The lowest BCUT2D eigenvalue weighted by atomic mass is 9.79. The molecule has 0 spiro atoms. The van der Waals surface area contributed by atoms with Crippen molar-refractivity contribution in [3.63, 3.8) is 0 Å². The molecule has 2 unspecified atom stereocenters. The van der Waals surface area contributed by atoms with Gasteiger partial charge in [-0.15, -0.1) is 0 Å². The van der Waals surface area contributed by atoms with Gasteiger partial charge in [-0.1, -0.05) is 51.3 Å². The van der Waals surface area contributed by atoms with Gasteiger partial charge in [-0.3, -0.25) is 0 Å². The molecule has 20 heavy (non-hydrogen) atoms. The van der Waals surface area contributed by atoms with Gasteiger partial charge in [0.2, 0.25) is 0 Å².